The van der Waals surface area contributed by atoms with E-state index in [0.717, 1.165) is 40.1 Å². The van der Waals surface area contributed by atoms with Crippen LogP contribution in [0.5, 0.6) is 0 Å². The molecule has 1 aromatic heterocycles. The number of carbonyl (C=O) groups excluding carboxylic acids is 1. The molecular formula is C22H19N3O. The molecular weight excluding hydrogens is 322 g/mol. The van der Waals surface area contributed by atoms with E-state index in [1.165, 1.54) is 0 Å². The van der Waals surface area contributed by atoms with Gasteiger partial charge in [-0.05, 0) is 42.3 Å². The van der Waals surface area contributed by atoms with E-state index >= 15 is 0 Å². The Labute approximate surface area is 151 Å². The maximum Gasteiger partial charge on any atom is 0.255 e. The monoisotopic (exact) mass is 341 g/mol. The van der Waals surface area contributed by atoms with Gasteiger partial charge in [0.15, 0.2) is 0 Å². The molecule has 0 aliphatic heterocycles. The van der Waals surface area contributed by atoms with Gasteiger partial charge in [-0.1, -0.05) is 49.4 Å². The summed E-state index contributed by atoms with van der Waals surface area (Å²) < 4.78 is 0. The number of para-hydroxylation sites is 3. The van der Waals surface area contributed by atoms with Gasteiger partial charge in [-0.15, -0.1) is 0 Å². The minimum absolute atomic E-state index is 0.109. The van der Waals surface area contributed by atoms with Crippen LogP contribution in [0.1, 0.15) is 22.8 Å². The maximum absolute atomic E-state index is 12.5. The molecule has 0 unspecified atom stereocenters. The van der Waals surface area contributed by atoms with Crippen LogP contribution in [0.4, 0.5) is 5.69 Å². The van der Waals surface area contributed by atoms with Crippen LogP contribution in [0.3, 0.4) is 0 Å². The molecule has 1 heterocycles. The number of hydrogen-bond acceptors (Lipinski definition) is 2. The van der Waals surface area contributed by atoms with Crippen molar-refractivity contribution < 1.29 is 4.79 Å². The van der Waals surface area contributed by atoms with E-state index in [4.69, 9.17) is 0 Å². The van der Waals surface area contributed by atoms with Crippen LogP contribution in [0.15, 0.2) is 72.8 Å². The molecule has 0 bridgehead atoms. The highest BCUT2D eigenvalue weighted by Crippen LogP contribution is 2.21. The number of H-pyrrole nitrogens is 1. The highest BCUT2D eigenvalue weighted by atomic mass is 16.1. The van der Waals surface area contributed by atoms with Crippen molar-refractivity contribution in [1.29, 1.82) is 0 Å². The molecule has 4 aromatic rings. The van der Waals surface area contributed by atoms with Gasteiger partial charge in [0.1, 0.15) is 5.82 Å². The number of rotatable bonds is 4. The molecule has 0 saturated heterocycles. The number of aromatic amines is 1. The fraction of sp³-hybridized carbons (Fsp3) is 0.0909. The van der Waals surface area contributed by atoms with Crippen molar-refractivity contribution >= 4 is 22.6 Å². The minimum atomic E-state index is -0.109. The summed E-state index contributed by atoms with van der Waals surface area (Å²) in [6.07, 6.45) is 0.876. The van der Waals surface area contributed by atoms with Gasteiger partial charge in [0.2, 0.25) is 0 Å². The summed E-state index contributed by atoms with van der Waals surface area (Å²) in [5.74, 6) is 0.691. The topological polar surface area (TPSA) is 57.8 Å². The van der Waals surface area contributed by atoms with Gasteiger partial charge in [-0.3, -0.25) is 4.79 Å². The van der Waals surface area contributed by atoms with E-state index in [0.29, 0.717) is 5.56 Å². The lowest BCUT2D eigenvalue weighted by Crippen LogP contribution is -2.13. The number of hydrogen-bond donors (Lipinski definition) is 2. The summed E-state index contributed by atoms with van der Waals surface area (Å²) in [7, 11) is 0. The average molecular weight is 341 g/mol. The van der Waals surface area contributed by atoms with Crippen molar-refractivity contribution in [2.45, 2.75) is 13.3 Å². The predicted molar refractivity (Wildman–Crippen MR) is 105 cm³/mol. The van der Waals surface area contributed by atoms with Crippen molar-refractivity contribution in [2.24, 2.45) is 0 Å². The van der Waals surface area contributed by atoms with Crippen LogP contribution in [0, 0.1) is 0 Å². The number of imidazole rings is 1. The summed E-state index contributed by atoms with van der Waals surface area (Å²) >= 11 is 0. The lowest BCUT2D eigenvalue weighted by Gasteiger charge is -2.09. The minimum Gasteiger partial charge on any atom is -0.338 e. The quantitative estimate of drug-likeness (QED) is 0.546. The number of benzene rings is 3. The largest absolute Gasteiger partial charge is 0.338 e. The van der Waals surface area contributed by atoms with Gasteiger partial charge in [0.05, 0.1) is 11.0 Å². The first-order valence-corrected chi connectivity index (χ1v) is 8.69. The van der Waals surface area contributed by atoms with Gasteiger partial charge in [-0.2, -0.15) is 0 Å². The summed E-state index contributed by atoms with van der Waals surface area (Å²) in [6.45, 7) is 2.08. The molecule has 0 spiro atoms. The number of nitrogens with zero attached hydrogens (tertiary/aromatic N) is 1. The molecule has 0 radical (unpaired) electrons. The molecule has 0 saturated carbocycles. The molecule has 128 valence electrons. The fourth-order valence-electron chi connectivity index (χ4n) is 3.01. The third-order valence-electron chi connectivity index (χ3n) is 4.46. The zero-order chi connectivity index (χ0) is 17.9. The first kappa shape index (κ1) is 16.1. The van der Waals surface area contributed by atoms with E-state index in [1.54, 1.807) is 0 Å². The molecule has 0 aliphatic carbocycles. The van der Waals surface area contributed by atoms with Gasteiger partial charge in [0, 0.05) is 16.8 Å². The number of fused-ring (bicyclic) bond motifs is 1. The van der Waals surface area contributed by atoms with Gasteiger partial charge in [0.25, 0.3) is 5.91 Å². The summed E-state index contributed by atoms with van der Waals surface area (Å²) in [5.41, 5.74) is 5.49. The van der Waals surface area contributed by atoms with Gasteiger partial charge >= 0.3 is 0 Å². The van der Waals surface area contributed by atoms with Crippen LogP contribution >= 0.6 is 0 Å². The van der Waals surface area contributed by atoms with Crippen molar-refractivity contribution in [2.75, 3.05) is 5.32 Å². The molecule has 4 heteroatoms. The fourth-order valence-corrected chi connectivity index (χ4v) is 3.01. The highest BCUT2D eigenvalue weighted by molar-refractivity contribution is 6.04. The first-order chi connectivity index (χ1) is 12.7. The Balaban J connectivity index is 1.56. The maximum atomic E-state index is 12.5. The number of anilines is 1. The van der Waals surface area contributed by atoms with Gasteiger partial charge in [-0.25, -0.2) is 4.98 Å². The van der Waals surface area contributed by atoms with E-state index in [1.807, 2.05) is 72.8 Å². The molecule has 3 aromatic carbocycles. The first-order valence-electron chi connectivity index (χ1n) is 8.69. The Kier molecular flexibility index (Phi) is 4.23. The lowest BCUT2D eigenvalue weighted by atomic mass is 10.1. The molecule has 4 nitrogen and oxygen atoms in total. The van der Waals surface area contributed by atoms with Crippen LogP contribution in [0.25, 0.3) is 22.4 Å². The van der Waals surface area contributed by atoms with Crippen LogP contribution in [-0.2, 0) is 6.42 Å². The van der Waals surface area contributed by atoms with Crippen molar-refractivity contribution in [1.82, 2.24) is 9.97 Å². The molecule has 26 heavy (non-hydrogen) atoms. The zero-order valence-electron chi connectivity index (χ0n) is 14.5. The molecule has 0 fully saturated rings. The molecule has 0 atom stereocenters. The van der Waals surface area contributed by atoms with Gasteiger partial charge < -0.3 is 10.3 Å². The Morgan fingerprint density at radius 3 is 2.46 bits per heavy atom. The number of aryl methyl sites for hydroxylation is 1. The Bertz CT molecular complexity index is 1030. The number of aromatic nitrogens is 2. The molecule has 0 aliphatic rings. The van der Waals surface area contributed by atoms with Crippen LogP contribution < -0.4 is 5.32 Å². The number of nitrogens with one attached hydrogen (secondary N) is 2. The summed E-state index contributed by atoms with van der Waals surface area (Å²) in [5, 5.41) is 3.00. The Morgan fingerprint density at radius 2 is 1.69 bits per heavy atom. The van der Waals surface area contributed by atoms with E-state index < -0.39 is 0 Å². The Morgan fingerprint density at radius 1 is 0.962 bits per heavy atom. The van der Waals surface area contributed by atoms with Crippen molar-refractivity contribution in [3.8, 4) is 11.4 Å². The second kappa shape index (κ2) is 6.84. The van der Waals surface area contributed by atoms with E-state index in [9.17, 15) is 4.79 Å². The average Bonchev–Trinajstić information content (AvgIpc) is 3.13. The molecule has 2 N–H and O–H groups in total. The molecule has 1 amide bonds. The summed E-state index contributed by atoms with van der Waals surface area (Å²) in [6, 6.07) is 23.3. The smallest absolute Gasteiger partial charge is 0.255 e. The zero-order valence-corrected chi connectivity index (χ0v) is 14.5. The van der Waals surface area contributed by atoms with Crippen LogP contribution in [0.2, 0.25) is 0 Å². The summed E-state index contributed by atoms with van der Waals surface area (Å²) in [4.78, 5) is 20.4. The predicted octanol–water partition coefficient (Wildman–Crippen LogP) is 5.04. The van der Waals surface area contributed by atoms with E-state index in [2.05, 4.69) is 22.2 Å². The van der Waals surface area contributed by atoms with E-state index in [-0.39, 0.29) is 5.91 Å². The van der Waals surface area contributed by atoms with Crippen LogP contribution in [-0.4, -0.2) is 15.9 Å². The standard InChI is InChI=1S/C22H19N3O/c1-2-15-7-3-4-8-18(15)25-22(26)17-13-11-16(12-14-17)21-23-19-9-5-6-10-20(19)24-21/h3-14H,2H2,1H3,(H,23,24)(H,25,26). The molecule has 4 rings (SSSR count). The highest BCUT2D eigenvalue weighted by Gasteiger charge is 2.10. The number of amides is 1. The third-order valence-corrected chi connectivity index (χ3v) is 4.46. The number of carbonyl (C=O) groups is 1. The van der Waals surface area contributed by atoms with Crippen molar-refractivity contribution in [3.05, 3.63) is 83.9 Å². The third kappa shape index (κ3) is 3.09. The second-order valence-corrected chi connectivity index (χ2v) is 6.14. The second-order valence-electron chi connectivity index (χ2n) is 6.14. The normalized spacial score (nSPS) is 10.8. The SMILES string of the molecule is CCc1ccccc1NC(=O)c1ccc(-c2nc3ccccc3[nH]2)cc1. The Hall–Kier alpha value is -3.40. The lowest BCUT2D eigenvalue weighted by molar-refractivity contribution is 0.102. The van der Waals surface area contributed by atoms with Crippen molar-refractivity contribution in [3.63, 3.8) is 0 Å².